The van der Waals surface area contributed by atoms with Crippen molar-refractivity contribution in [3.05, 3.63) is 63.6 Å². The van der Waals surface area contributed by atoms with E-state index in [4.69, 9.17) is 0 Å². The van der Waals surface area contributed by atoms with Crippen LogP contribution in [0.2, 0.25) is 0 Å². The Kier molecular flexibility index (Phi) is 6.53. The molecule has 1 aliphatic rings. The standard InChI is InChI=1S/C20H25FN4O3/c1-13-22-16(10-20(28)23-13)11-25-8-7-18(26)17(12-25)24-19(27)6-5-14-3-2-4-15(21)9-14/h2-4,9-10,17-18,26H,5-8,11-12H2,1H3,(H,24,27)(H,22,23,28)/t17-,18+/m1/s1. The molecule has 1 aliphatic heterocycles. The highest BCUT2D eigenvalue weighted by Crippen LogP contribution is 2.14. The molecule has 2 heterocycles. The Labute approximate surface area is 162 Å². The van der Waals surface area contributed by atoms with Crippen LogP contribution >= 0.6 is 0 Å². The largest absolute Gasteiger partial charge is 0.391 e. The minimum Gasteiger partial charge on any atom is -0.391 e. The lowest BCUT2D eigenvalue weighted by Gasteiger charge is -2.36. The summed E-state index contributed by atoms with van der Waals surface area (Å²) in [6, 6.07) is 7.26. The lowest BCUT2D eigenvalue weighted by atomic mass is 10.0. The summed E-state index contributed by atoms with van der Waals surface area (Å²) in [5.41, 5.74) is 1.23. The molecule has 0 aliphatic carbocycles. The van der Waals surface area contributed by atoms with Crippen LogP contribution in [0.15, 0.2) is 35.1 Å². The number of carbonyl (C=O) groups excluding carboxylic acids is 1. The first kappa shape index (κ1) is 20.2. The number of amides is 1. The zero-order chi connectivity index (χ0) is 20.1. The minimum absolute atomic E-state index is 0.180. The van der Waals surface area contributed by atoms with Gasteiger partial charge in [0.15, 0.2) is 0 Å². The highest BCUT2D eigenvalue weighted by Gasteiger charge is 2.29. The SMILES string of the molecule is Cc1nc(CN2CC[C@H](O)[C@H](NC(=O)CCc3cccc(F)c3)C2)cc(=O)[nH]1. The van der Waals surface area contributed by atoms with Crippen LogP contribution in [-0.4, -0.2) is 51.1 Å². The van der Waals surface area contributed by atoms with Crippen molar-refractivity contribution in [1.82, 2.24) is 20.2 Å². The molecule has 1 fully saturated rings. The van der Waals surface area contributed by atoms with Gasteiger partial charge in [0.05, 0.1) is 17.8 Å². The number of halogens is 1. The van der Waals surface area contributed by atoms with Crippen LogP contribution < -0.4 is 10.9 Å². The van der Waals surface area contributed by atoms with E-state index in [-0.39, 0.29) is 23.7 Å². The summed E-state index contributed by atoms with van der Waals surface area (Å²) in [6.07, 6.45) is 0.563. The zero-order valence-corrected chi connectivity index (χ0v) is 15.8. The van der Waals surface area contributed by atoms with Crippen molar-refractivity contribution < 1.29 is 14.3 Å². The van der Waals surface area contributed by atoms with Crippen molar-refractivity contribution >= 4 is 5.91 Å². The first-order valence-corrected chi connectivity index (χ1v) is 9.40. The smallest absolute Gasteiger partial charge is 0.251 e. The molecule has 0 unspecified atom stereocenters. The van der Waals surface area contributed by atoms with Gasteiger partial charge in [0, 0.05) is 32.1 Å². The number of nitrogens with zero attached hydrogens (tertiary/aromatic N) is 2. The Bertz CT molecular complexity index is 886. The Morgan fingerprint density at radius 2 is 2.25 bits per heavy atom. The van der Waals surface area contributed by atoms with Crippen LogP contribution in [0.3, 0.4) is 0 Å². The number of aliphatic hydroxyl groups excluding tert-OH is 1. The van der Waals surface area contributed by atoms with E-state index in [2.05, 4.69) is 20.2 Å². The van der Waals surface area contributed by atoms with Gasteiger partial charge in [-0.2, -0.15) is 0 Å². The number of piperidine rings is 1. The number of aromatic nitrogens is 2. The van der Waals surface area contributed by atoms with Gasteiger partial charge in [-0.3, -0.25) is 14.5 Å². The zero-order valence-electron chi connectivity index (χ0n) is 15.8. The third-order valence-corrected chi connectivity index (χ3v) is 4.84. The lowest BCUT2D eigenvalue weighted by Crippen LogP contribution is -2.55. The molecule has 0 saturated carbocycles. The van der Waals surface area contributed by atoms with E-state index in [1.165, 1.54) is 18.2 Å². The Morgan fingerprint density at radius 3 is 3.00 bits per heavy atom. The fourth-order valence-electron chi connectivity index (χ4n) is 3.47. The average Bonchev–Trinajstić information content (AvgIpc) is 2.62. The second-order valence-electron chi connectivity index (χ2n) is 7.22. The molecule has 0 radical (unpaired) electrons. The van der Waals surface area contributed by atoms with Crippen molar-refractivity contribution in [2.24, 2.45) is 0 Å². The van der Waals surface area contributed by atoms with E-state index in [0.717, 1.165) is 5.56 Å². The number of carbonyl (C=O) groups is 1. The number of H-pyrrole nitrogens is 1. The van der Waals surface area contributed by atoms with Crippen LogP contribution in [0.25, 0.3) is 0 Å². The number of hydrogen-bond donors (Lipinski definition) is 3. The summed E-state index contributed by atoms with van der Waals surface area (Å²) >= 11 is 0. The van der Waals surface area contributed by atoms with Gasteiger partial charge in [-0.25, -0.2) is 9.37 Å². The topological polar surface area (TPSA) is 98.3 Å². The van der Waals surface area contributed by atoms with Crippen LogP contribution in [0, 0.1) is 12.7 Å². The maximum Gasteiger partial charge on any atom is 0.251 e. The number of likely N-dealkylation sites (tertiary alicyclic amines) is 1. The summed E-state index contributed by atoms with van der Waals surface area (Å²) < 4.78 is 13.2. The molecular formula is C20H25FN4O3. The number of rotatable bonds is 6. The van der Waals surface area contributed by atoms with Gasteiger partial charge in [-0.15, -0.1) is 0 Å². The third-order valence-electron chi connectivity index (χ3n) is 4.84. The maximum absolute atomic E-state index is 13.2. The molecular weight excluding hydrogens is 363 g/mol. The summed E-state index contributed by atoms with van der Waals surface area (Å²) in [7, 11) is 0. The van der Waals surface area contributed by atoms with Gasteiger partial charge in [0.1, 0.15) is 11.6 Å². The van der Waals surface area contributed by atoms with Crippen molar-refractivity contribution in [2.75, 3.05) is 13.1 Å². The molecule has 0 bridgehead atoms. The average molecular weight is 388 g/mol. The Hall–Kier alpha value is -2.58. The highest BCUT2D eigenvalue weighted by molar-refractivity contribution is 5.76. The van der Waals surface area contributed by atoms with E-state index in [9.17, 15) is 19.1 Å². The summed E-state index contributed by atoms with van der Waals surface area (Å²) in [5.74, 6) is 0.0573. The fraction of sp³-hybridized carbons (Fsp3) is 0.450. The molecule has 150 valence electrons. The number of aromatic amines is 1. The first-order chi connectivity index (χ1) is 13.4. The predicted octanol–water partition coefficient (Wildman–Crippen LogP) is 0.902. The molecule has 28 heavy (non-hydrogen) atoms. The number of aliphatic hydroxyl groups is 1. The van der Waals surface area contributed by atoms with E-state index >= 15 is 0 Å². The lowest BCUT2D eigenvalue weighted by molar-refractivity contribution is -0.123. The first-order valence-electron chi connectivity index (χ1n) is 9.40. The molecule has 3 rings (SSSR count). The number of hydrogen-bond acceptors (Lipinski definition) is 5. The van der Waals surface area contributed by atoms with Crippen LogP contribution in [0.1, 0.15) is 29.9 Å². The van der Waals surface area contributed by atoms with Crippen molar-refractivity contribution in [1.29, 1.82) is 0 Å². The van der Waals surface area contributed by atoms with Crippen LogP contribution in [0.5, 0.6) is 0 Å². The van der Waals surface area contributed by atoms with Gasteiger partial charge in [0.25, 0.3) is 5.56 Å². The minimum atomic E-state index is -0.622. The quantitative estimate of drug-likeness (QED) is 0.683. The van der Waals surface area contributed by atoms with Crippen molar-refractivity contribution in [3.8, 4) is 0 Å². The number of aryl methyl sites for hydroxylation is 2. The molecule has 1 saturated heterocycles. The summed E-state index contributed by atoms with van der Waals surface area (Å²) in [4.78, 5) is 32.9. The van der Waals surface area contributed by atoms with E-state index < -0.39 is 12.1 Å². The Morgan fingerprint density at radius 1 is 1.43 bits per heavy atom. The van der Waals surface area contributed by atoms with Gasteiger partial charge in [0.2, 0.25) is 5.91 Å². The molecule has 1 amide bonds. The van der Waals surface area contributed by atoms with E-state index in [1.807, 2.05) is 0 Å². The molecule has 1 aromatic heterocycles. The monoisotopic (exact) mass is 388 g/mol. The molecule has 2 aromatic rings. The molecule has 3 N–H and O–H groups in total. The third kappa shape index (κ3) is 5.71. The van der Waals surface area contributed by atoms with Crippen LogP contribution in [-0.2, 0) is 17.8 Å². The van der Waals surface area contributed by atoms with Gasteiger partial charge < -0.3 is 15.4 Å². The molecule has 2 atom stereocenters. The highest BCUT2D eigenvalue weighted by atomic mass is 19.1. The summed E-state index contributed by atoms with van der Waals surface area (Å²) in [6.45, 7) is 3.34. The number of benzene rings is 1. The molecule has 1 aromatic carbocycles. The van der Waals surface area contributed by atoms with E-state index in [0.29, 0.717) is 44.0 Å². The molecule has 7 nitrogen and oxygen atoms in total. The predicted molar refractivity (Wildman–Crippen MR) is 102 cm³/mol. The normalized spacial score (nSPS) is 20.1. The second-order valence-corrected chi connectivity index (χ2v) is 7.22. The van der Waals surface area contributed by atoms with Crippen molar-refractivity contribution in [3.63, 3.8) is 0 Å². The molecule has 0 spiro atoms. The number of nitrogens with one attached hydrogen (secondary N) is 2. The van der Waals surface area contributed by atoms with Gasteiger partial charge in [-0.1, -0.05) is 12.1 Å². The van der Waals surface area contributed by atoms with Crippen molar-refractivity contribution in [2.45, 2.75) is 44.9 Å². The second kappa shape index (κ2) is 9.07. The van der Waals surface area contributed by atoms with Crippen LogP contribution in [0.4, 0.5) is 4.39 Å². The Balaban J connectivity index is 1.53. The van der Waals surface area contributed by atoms with Gasteiger partial charge in [-0.05, 0) is 37.5 Å². The summed E-state index contributed by atoms with van der Waals surface area (Å²) in [5, 5.41) is 13.1. The molecule has 8 heteroatoms. The fourth-order valence-corrected chi connectivity index (χ4v) is 3.47. The van der Waals surface area contributed by atoms with E-state index in [1.54, 1.807) is 19.1 Å². The maximum atomic E-state index is 13.2. The van der Waals surface area contributed by atoms with Gasteiger partial charge >= 0.3 is 0 Å².